The third-order valence-electron chi connectivity index (χ3n) is 7.00. The molecule has 4 aromatic carbocycles. The molecule has 0 atom stereocenters. The highest BCUT2D eigenvalue weighted by Gasteiger charge is 2.06. The second-order valence-corrected chi connectivity index (χ2v) is 9.88. The van der Waals surface area contributed by atoms with Crippen molar-refractivity contribution >= 4 is 10.8 Å². The average molecular weight is 489 g/mol. The van der Waals surface area contributed by atoms with Crippen LogP contribution in [0.15, 0.2) is 91.5 Å². The first kappa shape index (κ1) is 26.4. The van der Waals surface area contributed by atoms with Gasteiger partial charge in [-0.2, -0.15) is 0 Å². The molecule has 0 aromatic heterocycles. The van der Waals surface area contributed by atoms with Crippen molar-refractivity contribution in [3.05, 3.63) is 131 Å². The summed E-state index contributed by atoms with van der Waals surface area (Å²) in [6, 6.07) is 27.1. The topological polar surface area (TPSA) is 0 Å². The molecule has 0 aliphatic rings. The van der Waals surface area contributed by atoms with E-state index < -0.39 is 0 Å². The summed E-state index contributed by atoms with van der Waals surface area (Å²) in [4.78, 5) is 0. The Balaban J connectivity index is 1.34. The van der Waals surface area contributed by atoms with Crippen molar-refractivity contribution in [2.75, 3.05) is 0 Å². The van der Waals surface area contributed by atoms with E-state index in [-0.39, 0.29) is 5.82 Å². The fourth-order valence-electron chi connectivity index (χ4n) is 4.67. The third kappa shape index (κ3) is 7.68. The van der Waals surface area contributed by atoms with Gasteiger partial charge in [0.2, 0.25) is 0 Å². The molecule has 0 nitrogen and oxygen atoms in total. The van der Waals surface area contributed by atoms with Crippen LogP contribution in [-0.4, -0.2) is 0 Å². The smallest absolute Gasteiger partial charge is 0.146 e. The lowest BCUT2D eigenvalue weighted by Gasteiger charge is -2.06. The molecule has 0 amide bonds. The number of hydrogen-bond acceptors (Lipinski definition) is 0. The number of halogens is 1. The normalized spacial score (nSPS) is 10.8. The number of benzene rings is 4. The molecule has 0 bridgehead atoms. The lowest BCUT2D eigenvalue weighted by Crippen LogP contribution is -1.93. The zero-order valence-electron chi connectivity index (χ0n) is 22.0. The molecule has 0 aliphatic carbocycles. The number of unbranched alkanes of at least 4 members (excludes halogenated alkanes) is 3. The number of hydrogen-bond donors (Lipinski definition) is 0. The van der Waals surface area contributed by atoms with Crippen LogP contribution in [0.5, 0.6) is 0 Å². The van der Waals surface area contributed by atoms with E-state index in [0.717, 1.165) is 36.6 Å². The van der Waals surface area contributed by atoms with Gasteiger partial charge >= 0.3 is 0 Å². The van der Waals surface area contributed by atoms with Crippen molar-refractivity contribution in [2.45, 2.75) is 64.7 Å². The molecule has 0 spiro atoms. The lowest BCUT2D eigenvalue weighted by atomic mass is 10.00. The largest absolute Gasteiger partial charge is 0.205 e. The predicted octanol–water partition coefficient (Wildman–Crippen LogP) is 9.41. The molecule has 0 saturated carbocycles. The van der Waals surface area contributed by atoms with Gasteiger partial charge in [-0.1, -0.05) is 105 Å². The zero-order valence-corrected chi connectivity index (χ0v) is 22.0. The lowest BCUT2D eigenvalue weighted by molar-refractivity contribution is 0.636. The number of allylic oxidation sites excluding steroid dienone is 1. The minimum absolute atomic E-state index is 0.246. The van der Waals surface area contributed by atoms with Gasteiger partial charge < -0.3 is 0 Å². The van der Waals surface area contributed by atoms with Gasteiger partial charge in [-0.15, -0.1) is 6.58 Å². The predicted molar refractivity (Wildman–Crippen MR) is 157 cm³/mol. The van der Waals surface area contributed by atoms with Gasteiger partial charge in [-0.25, -0.2) is 4.39 Å². The van der Waals surface area contributed by atoms with E-state index in [1.807, 2.05) is 36.4 Å². The Kier molecular flexibility index (Phi) is 9.73. The maximum atomic E-state index is 15.1. The van der Waals surface area contributed by atoms with E-state index in [1.54, 1.807) is 6.07 Å². The summed E-state index contributed by atoms with van der Waals surface area (Å²) in [6.45, 7) is 6.03. The molecule has 37 heavy (non-hydrogen) atoms. The molecule has 0 unspecified atom stereocenters. The van der Waals surface area contributed by atoms with Gasteiger partial charge in [0.15, 0.2) is 0 Å². The number of rotatable bonds is 11. The van der Waals surface area contributed by atoms with Crippen molar-refractivity contribution in [3.63, 3.8) is 0 Å². The van der Waals surface area contributed by atoms with E-state index in [1.165, 1.54) is 54.4 Å². The molecule has 0 aliphatic heterocycles. The Labute approximate surface area is 222 Å². The monoisotopic (exact) mass is 488 g/mol. The summed E-state index contributed by atoms with van der Waals surface area (Å²) in [5.41, 5.74) is 6.64. The average Bonchev–Trinajstić information content (AvgIpc) is 2.94. The molecule has 4 rings (SSSR count). The van der Waals surface area contributed by atoms with Crippen LogP contribution in [0.4, 0.5) is 4.39 Å². The van der Waals surface area contributed by atoms with E-state index in [2.05, 4.69) is 67.8 Å². The van der Waals surface area contributed by atoms with E-state index in [9.17, 15) is 0 Å². The SMILES string of the molecule is C=CCCc1ccc2c(F)c(C#Cc3ccc(CCc4ccc(CCCCCC)cc4)cc3)ccc2c1. The highest BCUT2D eigenvalue weighted by atomic mass is 19.1. The molecule has 0 heterocycles. The van der Waals surface area contributed by atoms with Crippen LogP contribution in [0.25, 0.3) is 10.8 Å². The summed E-state index contributed by atoms with van der Waals surface area (Å²) >= 11 is 0. The van der Waals surface area contributed by atoms with Crippen molar-refractivity contribution in [1.82, 2.24) is 0 Å². The van der Waals surface area contributed by atoms with Gasteiger partial charge in [0.05, 0.1) is 5.56 Å². The third-order valence-corrected chi connectivity index (χ3v) is 7.00. The van der Waals surface area contributed by atoms with Gasteiger partial charge in [0.1, 0.15) is 5.82 Å². The molecule has 1 heteroatoms. The van der Waals surface area contributed by atoms with Gasteiger partial charge in [0.25, 0.3) is 0 Å². The molecular formula is C36H37F. The molecule has 0 radical (unpaired) electrons. The molecule has 4 aromatic rings. The van der Waals surface area contributed by atoms with Gasteiger partial charge in [-0.05, 0) is 84.4 Å². The van der Waals surface area contributed by atoms with Crippen molar-refractivity contribution in [3.8, 4) is 11.8 Å². The van der Waals surface area contributed by atoms with E-state index in [4.69, 9.17) is 0 Å². The summed E-state index contributed by atoms with van der Waals surface area (Å²) in [5.74, 6) is 5.93. The molecule has 0 N–H and O–H groups in total. The first-order valence-electron chi connectivity index (χ1n) is 13.7. The van der Waals surface area contributed by atoms with Crippen LogP contribution in [0.3, 0.4) is 0 Å². The highest BCUT2D eigenvalue weighted by Crippen LogP contribution is 2.23. The maximum absolute atomic E-state index is 15.1. The van der Waals surface area contributed by atoms with Crippen LogP contribution < -0.4 is 0 Å². The van der Waals surface area contributed by atoms with Crippen LogP contribution in [0, 0.1) is 17.7 Å². The number of fused-ring (bicyclic) bond motifs is 1. The molecule has 0 saturated heterocycles. The Morgan fingerprint density at radius 3 is 2.00 bits per heavy atom. The second-order valence-electron chi connectivity index (χ2n) is 9.88. The van der Waals surface area contributed by atoms with Crippen molar-refractivity contribution < 1.29 is 4.39 Å². The van der Waals surface area contributed by atoms with Crippen LogP contribution in [0.2, 0.25) is 0 Å². The Morgan fingerprint density at radius 1 is 0.676 bits per heavy atom. The van der Waals surface area contributed by atoms with Crippen LogP contribution in [-0.2, 0) is 25.7 Å². The summed E-state index contributed by atoms with van der Waals surface area (Å²) in [6.07, 6.45) is 12.2. The standard InChI is InChI=1S/C36H37F/c1-3-5-7-8-10-28-11-13-29(14-12-28)15-16-30-17-19-31(20-18-30)21-23-33-24-25-34-27-32(9-6-4-2)22-26-35(34)36(33)37/h4,11-14,17-20,22,24-27H,2-3,5-10,15-16H2,1H3. The Hall–Kier alpha value is -3.63. The Bertz CT molecular complexity index is 1360. The summed E-state index contributed by atoms with van der Waals surface area (Å²) < 4.78 is 15.1. The van der Waals surface area contributed by atoms with E-state index in [0.29, 0.717) is 10.9 Å². The zero-order chi connectivity index (χ0) is 25.9. The highest BCUT2D eigenvalue weighted by molar-refractivity contribution is 5.85. The molecule has 0 fully saturated rings. The molecular weight excluding hydrogens is 451 g/mol. The minimum atomic E-state index is -0.246. The fourth-order valence-corrected chi connectivity index (χ4v) is 4.67. The first-order valence-corrected chi connectivity index (χ1v) is 13.7. The van der Waals surface area contributed by atoms with E-state index >= 15 is 4.39 Å². The Morgan fingerprint density at radius 2 is 1.32 bits per heavy atom. The van der Waals surface area contributed by atoms with Gasteiger partial charge in [-0.3, -0.25) is 0 Å². The van der Waals surface area contributed by atoms with Gasteiger partial charge in [0, 0.05) is 10.9 Å². The number of aryl methyl sites for hydroxylation is 4. The first-order chi connectivity index (χ1) is 18.2. The maximum Gasteiger partial charge on any atom is 0.146 e. The van der Waals surface area contributed by atoms with Crippen LogP contribution in [0.1, 0.15) is 72.4 Å². The summed E-state index contributed by atoms with van der Waals surface area (Å²) in [7, 11) is 0. The quantitative estimate of drug-likeness (QED) is 0.112. The fraction of sp³-hybridized carbons (Fsp3) is 0.278. The second kappa shape index (κ2) is 13.6. The van der Waals surface area contributed by atoms with Crippen molar-refractivity contribution in [1.29, 1.82) is 0 Å². The van der Waals surface area contributed by atoms with Crippen LogP contribution >= 0.6 is 0 Å². The molecule has 188 valence electrons. The summed E-state index contributed by atoms with van der Waals surface area (Å²) in [5, 5.41) is 1.53. The van der Waals surface area contributed by atoms with Crippen molar-refractivity contribution in [2.24, 2.45) is 0 Å². The minimum Gasteiger partial charge on any atom is -0.205 e.